The summed E-state index contributed by atoms with van der Waals surface area (Å²) in [4.78, 5) is 8.74. The smallest absolute Gasteiger partial charge is 0.180 e. The molecule has 0 spiro atoms. The lowest BCUT2D eigenvalue weighted by molar-refractivity contribution is -0.0601. The average Bonchev–Trinajstić information content (AvgIpc) is 2.75. The molecule has 1 saturated carbocycles. The van der Waals surface area contributed by atoms with Crippen LogP contribution in [0.25, 0.3) is 5.65 Å². The molecule has 18 heavy (non-hydrogen) atoms. The van der Waals surface area contributed by atoms with E-state index in [0.717, 1.165) is 35.5 Å². The third-order valence-electron chi connectivity index (χ3n) is 3.62. The molecule has 3 rings (SSSR count). The van der Waals surface area contributed by atoms with Gasteiger partial charge < -0.3 is 14.5 Å². The maximum absolute atomic E-state index is 5.59. The highest BCUT2D eigenvalue weighted by Crippen LogP contribution is 2.35. The van der Waals surface area contributed by atoms with Crippen LogP contribution in [0.5, 0.6) is 0 Å². The van der Waals surface area contributed by atoms with Crippen LogP contribution < -0.4 is 5.32 Å². The van der Waals surface area contributed by atoms with Crippen molar-refractivity contribution in [3.63, 3.8) is 0 Å². The summed E-state index contributed by atoms with van der Waals surface area (Å²) in [5.41, 5.74) is 0.817. The summed E-state index contributed by atoms with van der Waals surface area (Å²) in [7, 11) is 1.78. The summed E-state index contributed by atoms with van der Waals surface area (Å²) in [6.45, 7) is 0.773. The molecule has 1 fully saturated rings. The third-order valence-corrected chi connectivity index (χ3v) is 4.00. The number of methoxy groups -OCH3 is 1. The molecule has 0 unspecified atom stereocenters. The van der Waals surface area contributed by atoms with Gasteiger partial charge in [0.05, 0.1) is 5.60 Å². The fourth-order valence-corrected chi connectivity index (χ4v) is 2.69. The molecular weight excluding hydrogens is 296 g/mol. The van der Waals surface area contributed by atoms with E-state index in [0.29, 0.717) is 0 Å². The number of halogens is 1. The Balaban J connectivity index is 1.83. The number of fused-ring (bicyclic) bond motifs is 1. The minimum atomic E-state index is -0.0203. The molecule has 5 nitrogen and oxygen atoms in total. The number of rotatable bonds is 4. The number of hydrogen-bond donors (Lipinski definition) is 1. The van der Waals surface area contributed by atoms with Gasteiger partial charge in [-0.2, -0.15) is 0 Å². The number of imidazole rings is 1. The second kappa shape index (κ2) is 4.51. The van der Waals surface area contributed by atoms with E-state index in [2.05, 4.69) is 31.2 Å². The largest absolute Gasteiger partial charge is 0.376 e. The van der Waals surface area contributed by atoms with Crippen molar-refractivity contribution in [3.8, 4) is 0 Å². The van der Waals surface area contributed by atoms with Crippen molar-refractivity contribution < 1.29 is 4.74 Å². The van der Waals surface area contributed by atoms with Gasteiger partial charge in [0, 0.05) is 32.2 Å². The van der Waals surface area contributed by atoms with Gasteiger partial charge in [0.2, 0.25) is 0 Å². The van der Waals surface area contributed by atoms with Crippen molar-refractivity contribution >= 4 is 27.4 Å². The zero-order valence-corrected chi connectivity index (χ0v) is 11.8. The lowest BCUT2D eigenvalue weighted by Crippen LogP contribution is -2.45. The van der Waals surface area contributed by atoms with Crippen LogP contribution in [0.3, 0.4) is 0 Å². The zero-order chi connectivity index (χ0) is 12.6. The van der Waals surface area contributed by atoms with E-state index >= 15 is 0 Å². The highest BCUT2D eigenvalue weighted by molar-refractivity contribution is 9.10. The van der Waals surface area contributed by atoms with Gasteiger partial charge in [-0.25, -0.2) is 9.97 Å². The van der Waals surface area contributed by atoms with E-state index < -0.39 is 0 Å². The molecule has 1 aliphatic carbocycles. The van der Waals surface area contributed by atoms with Gasteiger partial charge in [0.1, 0.15) is 4.60 Å². The van der Waals surface area contributed by atoms with Crippen molar-refractivity contribution in [2.75, 3.05) is 19.0 Å². The lowest BCUT2D eigenvalue weighted by atomic mass is 9.80. The van der Waals surface area contributed by atoms with Crippen LogP contribution in [0, 0.1) is 0 Å². The summed E-state index contributed by atoms with van der Waals surface area (Å²) >= 11 is 3.41. The normalized spacial score (nSPS) is 17.7. The minimum absolute atomic E-state index is 0.0203. The summed E-state index contributed by atoms with van der Waals surface area (Å²) < 4.78 is 8.32. The second-order valence-corrected chi connectivity index (χ2v) is 5.48. The van der Waals surface area contributed by atoms with Crippen molar-refractivity contribution in [1.29, 1.82) is 0 Å². The van der Waals surface area contributed by atoms with Crippen molar-refractivity contribution in [2.45, 2.75) is 24.9 Å². The Bertz CT molecular complexity index is 559. The van der Waals surface area contributed by atoms with E-state index in [1.165, 1.54) is 6.42 Å². The Morgan fingerprint density at radius 1 is 1.56 bits per heavy atom. The first-order valence-corrected chi connectivity index (χ1v) is 6.80. The number of nitrogens with one attached hydrogen (secondary N) is 1. The van der Waals surface area contributed by atoms with Crippen molar-refractivity contribution in [1.82, 2.24) is 14.4 Å². The number of anilines is 1. The predicted octanol–water partition coefficient (Wildman–Crippen LogP) is 2.47. The highest BCUT2D eigenvalue weighted by atomic mass is 79.9. The number of hydrogen-bond acceptors (Lipinski definition) is 4. The van der Waals surface area contributed by atoms with E-state index in [1.54, 1.807) is 13.3 Å². The van der Waals surface area contributed by atoms with Gasteiger partial charge in [-0.1, -0.05) is 0 Å². The molecule has 1 aliphatic rings. The molecule has 0 saturated heterocycles. The summed E-state index contributed by atoms with van der Waals surface area (Å²) in [5.74, 6) is 0.790. The first kappa shape index (κ1) is 11.9. The van der Waals surface area contributed by atoms with Gasteiger partial charge in [-0.3, -0.25) is 0 Å². The maximum atomic E-state index is 5.59. The van der Waals surface area contributed by atoms with E-state index in [4.69, 9.17) is 4.74 Å². The Morgan fingerprint density at radius 3 is 3.06 bits per heavy atom. The fraction of sp³-hybridized carbons (Fsp3) is 0.500. The molecule has 6 heteroatoms. The quantitative estimate of drug-likeness (QED) is 0.942. The van der Waals surface area contributed by atoms with Crippen molar-refractivity contribution in [3.05, 3.63) is 23.2 Å². The molecular formula is C12H15BrN4O. The maximum Gasteiger partial charge on any atom is 0.180 e. The first-order valence-electron chi connectivity index (χ1n) is 6.01. The van der Waals surface area contributed by atoms with Gasteiger partial charge in [0.25, 0.3) is 0 Å². The monoisotopic (exact) mass is 310 g/mol. The van der Waals surface area contributed by atoms with Gasteiger partial charge in [-0.15, -0.1) is 0 Å². The van der Waals surface area contributed by atoms with Gasteiger partial charge >= 0.3 is 0 Å². The molecule has 1 N–H and O–H groups in total. The Morgan fingerprint density at radius 2 is 2.39 bits per heavy atom. The van der Waals surface area contributed by atoms with E-state index in [9.17, 15) is 0 Å². The van der Waals surface area contributed by atoms with Crippen molar-refractivity contribution in [2.24, 2.45) is 0 Å². The molecule has 2 aromatic rings. The second-order valence-electron chi connectivity index (χ2n) is 4.66. The molecule has 0 radical (unpaired) electrons. The third kappa shape index (κ3) is 1.99. The van der Waals surface area contributed by atoms with Crippen LogP contribution >= 0.6 is 15.9 Å². The van der Waals surface area contributed by atoms with Crippen LogP contribution in [-0.2, 0) is 4.74 Å². The number of ether oxygens (including phenoxy) is 1. The topological polar surface area (TPSA) is 51.5 Å². The molecule has 0 amide bonds. The Hall–Kier alpha value is -1.14. The lowest BCUT2D eigenvalue weighted by Gasteiger charge is -2.40. The standard InChI is InChI=1S/C12H15BrN4O/c1-18-12(3-2-4-12)8-15-10-11-14-5-6-17(11)7-9(13)16-10/h5-7H,2-4,8H2,1H3,(H,15,16). The zero-order valence-electron chi connectivity index (χ0n) is 10.2. The van der Waals surface area contributed by atoms with E-state index in [1.807, 2.05) is 16.8 Å². The van der Waals surface area contributed by atoms with Gasteiger partial charge in [0.15, 0.2) is 11.5 Å². The van der Waals surface area contributed by atoms with Crippen LogP contribution in [0.1, 0.15) is 19.3 Å². The molecule has 0 aromatic carbocycles. The van der Waals surface area contributed by atoms with Gasteiger partial charge in [-0.05, 0) is 35.2 Å². The average molecular weight is 311 g/mol. The summed E-state index contributed by atoms with van der Waals surface area (Å²) in [6.07, 6.45) is 9.01. The van der Waals surface area contributed by atoms with Crippen LogP contribution in [0.15, 0.2) is 23.2 Å². The summed E-state index contributed by atoms with van der Waals surface area (Å²) in [5, 5.41) is 3.36. The SMILES string of the molecule is COC1(CNc2nc(Br)cn3ccnc23)CCC1. The molecule has 2 heterocycles. The highest BCUT2D eigenvalue weighted by Gasteiger charge is 2.36. The first-order chi connectivity index (χ1) is 8.72. The molecule has 0 bridgehead atoms. The Kier molecular flexibility index (Phi) is 2.99. The minimum Gasteiger partial charge on any atom is -0.376 e. The van der Waals surface area contributed by atoms with Crippen LogP contribution in [0.4, 0.5) is 5.82 Å². The molecule has 0 atom stereocenters. The number of nitrogens with zero attached hydrogens (tertiary/aromatic N) is 3. The summed E-state index contributed by atoms with van der Waals surface area (Å²) in [6, 6.07) is 0. The molecule has 96 valence electrons. The molecule has 0 aliphatic heterocycles. The number of aromatic nitrogens is 3. The van der Waals surface area contributed by atoms with Crippen LogP contribution in [0.2, 0.25) is 0 Å². The van der Waals surface area contributed by atoms with Crippen LogP contribution in [-0.4, -0.2) is 33.6 Å². The molecule has 2 aromatic heterocycles. The fourth-order valence-electron chi connectivity index (χ4n) is 2.29. The Labute approximate surface area is 114 Å². The predicted molar refractivity (Wildman–Crippen MR) is 72.8 cm³/mol. The van der Waals surface area contributed by atoms with E-state index in [-0.39, 0.29) is 5.60 Å².